The molecule has 0 amide bonds. The third-order valence-corrected chi connectivity index (χ3v) is 4.18. The van der Waals surface area contributed by atoms with Gasteiger partial charge in [0.05, 0.1) is 12.4 Å². The van der Waals surface area contributed by atoms with Gasteiger partial charge >= 0.3 is 0 Å². The van der Waals surface area contributed by atoms with Crippen molar-refractivity contribution in [3.63, 3.8) is 0 Å². The fourth-order valence-electron chi connectivity index (χ4n) is 2.77. The second-order valence-corrected chi connectivity index (χ2v) is 6.32. The Kier molecular flexibility index (Phi) is 12.9. The van der Waals surface area contributed by atoms with Crippen molar-refractivity contribution < 1.29 is 4.74 Å². The van der Waals surface area contributed by atoms with Gasteiger partial charge in [0, 0.05) is 12.8 Å². The van der Waals surface area contributed by atoms with Gasteiger partial charge in [-0.1, -0.05) is 69.8 Å². The van der Waals surface area contributed by atoms with Gasteiger partial charge < -0.3 is 4.74 Å². The van der Waals surface area contributed by atoms with Crippen LogP contribution in [0.25, 0.3) is 0 Å². The molecule has 0 aromatic heterocycles. The van der Waals surface area contributed by atoms with Crippen LogP contribution in [0.4, 0.5) is 0 Å². The molecular formula is C21H36O. The van der Waals surface area contributed by atoms with Crippen LogP contribution >= 0.6 is 0 Å². The van der Waals surface area contributed by atoms with Crippen molar-refractivity contribution in [2.24, 2.45) is 0 Å². The van der Waals surface area contributed by atoms with Gasteiger partial charge in [0.15, 0.2) is 0 Å². The summed E-state index contributed by atoms with van der Waals surface area (Å²) < 4.78 is 5.52. The van der Waals surface area contributed by atoms with E-state index in [0.29, 0.717) is 0 Å². The van der Waals surface area contributed by atoms with Crippen molar-refractivity contribution in [2.45, 2.75) is 90.4 Å². The molecule has 0 unspecified atom stereocenters. The topological polar surface area (TPSA) is 9.23 Å². The lowest BCUT2D eigenvalue weighted by Gasteiger charge is -2.03. The van der Waals surface area contributed by atoms with E-state index in [1.54, 1.807) is 0 Å². The van der Waals surface area contributed by atoms with Crippen molar-refractivity contribution in [1.29, 1.82) is 0 Å². The first-order chi connectivity index (χ1) is 10.9. The maximum Gasteiger partial charge on any atom is 0.0921 e. The third kappa shape index (κ3) is 11.7. The van der Waals surface area contributed by atoms with E-state index in [-0.39, 0.29) is 0 Å². The van der Waals surface area contributed by atoms with Gasteiger partial charge in [-0.25, -0.2) is 0 Å². The largest absolute Gasteiger partial charge is 0.498 e. The lowest BCUT2D eigenvalue weighted by molar-refractivity contribution is 0.232. The van der Waals surface area contributed by atoms with Crippen molar-refractivity contribution in [2.75, 3.05) is 6.61 Å². The van der Waals surface area contributed by atoms with Crippen molar-refractivity contribution in [3.8, 4) is 0 Å². The lowest BCUT2D eigenvalue weighted by atomic mass is 10.1. The van der Waals surface area contributed by atoms with E-state index in [0.717, 1.165) is 19.4 Å². The van der Waals surface area contributed by atoms with Crippen LogP contribution in [0.5, 0.6) is 0 Å². The molecule has 1 nitrogen and oxygen atoms in total. The van der Waals surface area contributed by atoms with Crippen LogP contribution in [0.3, 0.4) is 0 Å². The predicted octanol–water partition coefficient (Wildman–Crippen LogP) is 7.10. The minimum atomic E-state index is 0.912. The van der Waals surface area contributed by atoms with Crippen LogP contribution in [0.1, 0.15) is 90.4 Å². The predicted molar refractivity (Wildman–Crippen MR) is 98.0 cm³/mol. The van der Waals surface area contributed by atoms with Crippen molar-refractivity contribution >= 4 is 0 Å². The minimum absolute atomic E-state index is 0.912. The Balaban J connectivity index is 1.78. The molecule has 22 heavy (non-hydrogen) atoms. The lowest BCUT2D eigenvalue weighted by Crippen LogP contribution is -1.86. The van der Waals surface area contributed by atoms with Crippen molar-refractivity contribution in [1.82, 2.24) is 0 Å². The molecule has 1 heteroatoms. The molecule has 0 N–H and O–H groups in total. The average Bonchev–Trinajstić information content (AvgIpc) is 3.04. The Hall–Kier alpha value is -0.980. The van der Waals surface area contributed by atoms with Crippen LogP contribution < -0.4 is 0 Å². The first-order valence-electron chi connectivity index (χ1n) is 9.57. The maximum absolute atomic E-state index is 5.52. The number of unbranched alkanes of at least 4 members (excludes halogenated alkanes) is 9. The van der Waals surface area contributed by atoms with E-state index in [4.69, 9.17) is 4.74 Å². The molecule has 0 bridgehead atoms. The fraction of sp³-hybridized carbons (Fsp3) is 0.714. The van der Waals surface area contributed by atoms with Crippen LogP contribution in [-0.2, 0) is 4.74 Å². The van der Waals surface area contributed by atoms with E-state index in [2.05, 4.69) is 37.3 Å². The van der Waals surface area contributed by atoms with E-state index in [1.807, 2.05) is 0 Å². The zero-order valence-electron chi connectivity index (χ0n) is 14.7. The zero-order valence-corrected chi connectivity index (χ0v) is 14.7. The molecule has 0 saturated carbocycles. The highest BCUT2D eigenvalue weighted by Crippen LogP contribution is 2.17. The van der Waals surface area contributed by atoms with E-state index < -0.39 is 0 Å². The van der Waals surface area contributed by atoms with Gasteiger partial charge in [0.25, 0.3) is 0 Å². The highest BCUT2D eigenvalue weighted by atomic mass is 16.5. The fourth-order valence-corrected chi connectivity index (χ4v) is 2.77. The van der Waals surface area contributed by atoms with Gasteiger partial charge in [-0.05, 0) is 38.2 Å². The normalized spacial score (nSPS) is 14.9. The summed E-state index contributed by atoms with van der Waals surface area (Å²) in [5.41, 5.74) is 0. The number of hydrogen-bond acceptors (Lipinski definition) is 1. The summed E-state index contributed by atoms with van der Waals surface area (Å²) in [5.74, 6) is 1.24. The second-order valence-electron chi connectivity index (χ2n) is 6.32. The van der Waals surface area contributed by atoms with Gasteiger partial charge in [-0.15, -0.1) is 0 Å². The van der Waals surface area contributed by atoms with E-state index in [1.165, 1.54) is 76.4 Å². The Bertz CT molecular complexity index is 325. The quantitative estimate of drug-likeness (QED) is 0.245. The summed E-state index contributed by atoms with van der Waals surface area (Å²) in [6, 6.07) is 0. The summed E-state index contributed by atoms with van der Waals surface area (Å²) in [6.45, 7) is 3.18. The molecule has 0 radical (unpaired) electrons. The molecule has 1 heterocycles. The smallest absolute Gasteiger partial charge is 0.0921 e. The van der Waals surface area contributed by atoms with Crippen LogP contribution in [0.2, 0.25) is 0 Å². The minimum Gasteiger partial charge on any atom is -0.498 e. The molecule has 1 aliphatic rings. The summed E-state index contributed by atoms with van der Waals surface area (Å²) >= 11 is 0. The molecule has 0 spiro atoms. The first-order valence-corrected chi connectivity index (χ1v) is 9.57. The Morgan fingerprint density at radius 3 is 2.14 bits per heavy atom. The molecule has 0 aromatic rings. The SMILES string of the molecule is CCCCCC/C=C/C=C\CCCCCCCC1=CCCO1. The van der Waals surface area contributed by atoms with Gasteiger partial charge in [0.2, 0.25) is 0 Å². The Morgan fingerprint density at radius 1 is 0.864 bits per heavy atom. The summed E-state index contributed by atoms with van der Waals surface area (Å²) in [7, 11) is 0. The number of allylic oxidation sites excluding steroid dienone is 5. The highest BCUT2D eigenvalue weighted by Gasteiger charge is 2.03. The average molecular weight is 305 g/mol. The Morgan fingerprint density at radius 2 is 1.50 bits per heavy atom. The monoisotopic (exact) mass is 304 g/mol. The van der Waals surface area contributed by atoms with Crippen LogP contribution in [0, 0.1) is 0 Å². The molecule has 0 saturated heterocycles. The number of ether oxygens (including phenoxy) is 1. The van der Waals surface area contributed by atoms with Crippen LogP contribution in [-0.4, -0.2) is 6.61 Å². The van der Waals surface area contributed by atoms with Gasteiger partial charge in [0.1, 0.15) is 0 Å². The van der Waals surface area contributed by atoms with E-state index >= 15 is 0 Å². The molecule has 1 rings (SSSR count). The summed E-state index contributed by atoms with van der Waals surface area (Å²) in [4.78, 5) is 0. The first kappa shape index (κ1) is 19.1. The summed E-state index contributed by atoms with van der Waals surface area (Å²) in [5, 5.41) is 0. The molecule has 0 aromatic carbocycles. The zero-order chi connectivity index (χ0) is 15.7. The molecule has 0 atom stereocenters. The van der Waals surface area contributed by atoms with Gasteiger partial charge in [-0.3, -0.25) is 0 Å². The number of hydrogen-bond donors (Lipinski definition) is 0. The van der Waals surface area contributed by atoms with Gasteiger partial charge in [-0.2, -0.15) is 0 Å². The van der Waals surface area contributed by atoms with Crippen LogP contribution in [0.15, 0.2) is 36.1 Å². The maximum atomic E-state index is 5.52. The molecule has 126 valence electrons. The summed E-state index contributed by atoms with van der Waals surface area (Å²) in [6.07, 6.45) is 28.2. The molecule has 0 fully saturated rings. The standard InChI is InChI=1S/C21H36O/c1-2-3-4-5-6-7-8-9-10-11-12-13-14-15-16-18-21-19-17-20-22-21/h7-10,19H,2-6,11-18,20H2,1H3/b8-7+,10-9-. The third-order valence-electron chi connectivity index (χ3n) is 4.18. The van der Waals surface area contributed by atoms with E-state index in [9.17, 15) is 0 Å². The molecular weight excluding hydrogens is 268 g/mol. The van der Waals surface area contributed by atoms with Crippen molar-refractivity contribution in [3.05, 3.63) is 36.1 Å². The molecule has 0 aliphatic carbocycles. The Labute approximate surface area is 138 Å². The highest BCUT2D eigenvalue weighted by molar-refractivity contribution is 5.02. The molecule has 1 aliphatic heterocycles. The second kappa shape index (κ2) is 14.9. The number of rotatable bonds is 14.